The zero-order valence-electron chi connectivity index (χ0n) is 16.1. The Bertz CT molecular complexity index is 962. The molecule has 0 aliphatic carbocycles. The highest BCUT2D eigenvalue weighted by molar-refractivity contribution is 14.0. The fourth-order valence-corrected chi connectivity index (χ4v) is 3.70. The zero-order chi connectivity index (χ0) is 19.3. The van der Waals surface area contributed by atoms with E-state index >= 15 is 0 Å². The second-order valence-corrected chi connectivity index (χ2v) is 7.20. The maximum atomic E-state index is 6.03. The van der Waals surface area contributed by atoms with E-state index in [1.807, 2.05) is 24.3 Å². The molecule has 1 saturated heterocycles. The molecule has 2 heterocycles. The van der Waals surface area contributed by atoms with E-state index in [-0.39, 0.29) is 24.0 Å². The molecule has 0 amide bonds. The van der Waals surface area contributed by atoms with Crippen LogP contribution in [0, 0.1) is 0 Å². The molecule has 4 rings (SSSR count). The van der Waals surface area contributed by atoms with Crippen LogP contribution in [-0.2, 0) is 6.54 Å². The SMILES string of the molecule is CN=C(NCc1nc(-c2cccc(Cl)c2)no1)N1CCC(c2ccccc2)C1.I. The number of hydrogen-bond acceptors (Lipinski definition) is 4. The molecule has 1 atom stereocenters. The van der Waals surface area contributed by atoms with E-state index in [1.54, 1.807) is 7.05 Å². The summed E-state index contributed by atoms with van der Waals surface area (Å²) < 4.78 is 5.37. The Morgan fingerprint density at radius 3 is 2.83 bits per heavy atom. The van der Waals surface area contributed by atoms with Gasteiger partial charge in [-0.15, -0.1) is 24.0 Å². The smallest absolute Gasteiger partial charge is 0.246 e. The number of rotatable bonds is 4. The van der Waals surface area contributed by atoms with Crippen LogP contribution in [0.1, 0.15) is 23.8 Å². The van der Waals surface area contributed by atoms with E-state index in [1.165, 1.54) is 5.56 Å². The van der Waals surface area contributed by atoms with Gasteiger partial charge in [0.15, 0.2) is 5.96 Å². The quantitative estimate of drug-likeness (QED) is 0.308. The van der Waals surface area contributed by atoms with Crippen LogP contribution < -0.4 is 5.32 Å². The first kappa shape index (κ1) is 21.6. The monoisotopic (exact) mass is 523 g/mol. The van der Waals surface area contributed by atoms with E-state index in [4.69, 9.17) is 16.1 Å². The van der Waals surface area contributed by atoms with Gasteiger partial charge in [0, 0.05) is 36.6 Å². The molecule has 1 aromatic heterocycles. The lowest BCUT2D eigenvalue weighted by atomic mass is 9.99. The normalized spacial score (nSPS) is 16.6. The van der Waals surface area contributed by atoms with Crippen molar-refractivity contribution < 1.29 is 4.52 Å². The van der Waals surface area contributed by atoms with Gasteiger partial charge in [0.2, 0.25) is 11.7 Å². The summed E-state index contributed by atoms with van der Waals surface area (Å²) in [5.41, 5.74) is 2.21. The maximum Gasteiger partial charge on any atom is 0.246 e. The molecule has 0 bridgehead atoms. The molecule has 1 N–H and O–H groups in total. The second-order valence-electron chi connectivity index (χ2n) is 6.77. The number of nitrogens with zero attached hydrogens (tertiary/aromatic N) is 4. The lowest BCUT2D eigenvalue weighted by Gasteiger charge is -2.21. The van der Waals surface area contributed by atoms with Gasteiger partial charge in [-0.3, -0.25) is 4.99 Å². The molecule has 0 spiro atoms. The highest BCUT2D eigenvalue weighted by atomic mass is 127. The van der Waals surface area contributed by atoms with Crippen LogP contribution in [0.15, 0.2) is 64.1 Å². The van der Waals surface area contributed by atoms with Crippen molar-refractivity contribution in [2.24, 2.45) is 4.99 Å². The van der Waals surface area contributed by atoms with Gasteiger partial charge in [-0.25, -0.2) is 0 Å². The second kappa shape index (κ2) is 10.1. The molecule has 0 radical (unpaired) electrons. The van der Waals surface area contributed by atoms with Gasteiger partial charge in [0.05, 0.1) is 6.54 Å². The maximum absolute atomic E-state index is 6.03. The summed E-state index contributed by atoms with van der Waals surface area (Å²) in [4.78, 5) is 11.1. The first-order valence-electron chi connectivity index (χ1n) is 9.32. The van der Waals surface area contributed by atoms with Gasteiger partial charge in [0.25, 0.3) is 0 Å². The largest absolute Gasteiger partial charge is 0.347 e. The minimum atomic E-state index is 0. The average Bonchev–Trinajstić information content (AvgIpc) is 3.39. The van der Waals surface area contributed by atoms with Gasteiger partial charge in [-0.1, -0.05) is 59.2 Å². The first-order valence-corrected chi connectivity index (χ1v) is 9.70. The summed E-state index contributed by atoms with van der Waals surface area (Å²) in [7, 11) is 1.80. The van der Waals surface area contributed by atoms with E-state index in [9.17, 15) is 0 Å². The van der Waals surface area contributed by atoms with Crippen LogP contribution in [0.5, 0.6) is 0 Å². The van der Waals surface area contributed by atoms with Crippen molar-refractivity contribution in [3.63, 3.8) is 0 Å². The molecule has 8 heteroatoms. The fourth-order valence-electron chi connectivity index (χ4n) is 3.51. The number of guanidine groups is 1. The van der Waals surface area contributed by atoms with Crippen molar-refractivity contribution in [3.05, 3.63) is 71.1 Å². The van der Waals surface area contributed by atoms with Crippen LogP contribution in [0.25, 0.3) is 11.4 Å². The molecular formula is C21H23ClIN5O. The van der Waals surface area contributed by atoms with Gasteiger partial charge in [-0.2, -0.15) is 4.98 Å². The topological polar surface area (TPSA) is 66.5 Å². The molecule has 1 aliphatic rings. The molecule has 1 fully saturated rings. The molecule has 29 heavy (non-hydrogen) atoms. The minimum Gasteiger partial charge on any atom is -0.347 e. The summed E-state index contributed by atoms with van der Waals surface area (Å²) in [6.07, 6.45) is 1.12. The van der Waals surface area contributed by atoms with Gasteiger partial charge in [-0.05, 0) is 24.1 Å². The summed E-state index contributed by atoms with van der Waals surface area (Å²) >= 11 is 6.03. The van der Waals surface area contributed by atoms with Crippen LogP contribution in [0.2, 0.25) is 5.02 Å². The van der Waals surface area contributed by atoms with Gasteiger partial charge in [0.1, 0.15) is 0 Å². The molecule has 3 aromatic rings. The van der Waals surface area contributed by atoms with Crippen LogP contribution >= 0.6 is 35.6 Å². The predicted octanol–water partition coefficient (Wildman–Crippen LogP) is 4.57. The van der Waals surface area contributed by atoms with E-state index < -0.39 is 0 Å². The molecule has 0 saturated carbocycles. The Morgan fingerprint density at radius 2 is 2.07 bits per heavy atom. The van der Waals surface area contributed by atoms with E-state index in [0.29, 0.717) is 29.2 Å². The third kappa shape index (κ3) is 5.27. The van der Waals surface area contributed by atoms with Crippen molar-refractivity contribution in [1.82, 2.24) is 20.4 Å². The van der Waals surface area contributed by atoms with E-state index in [2.05, 4.69) is 55.7 Å². The Balaban J connectivity index is 0.00000240. The average molecular weight is 524 g/mol. The Hall–Kier alpha value is -2.13. The first-order chi connectivity index (χ1) is 13.7. The Morgan fingerprint density at radius 1 is 1.24 bits per heavy atom. The zero-order valence-corrected chi connectivity index (χ0v) is 19.2. The number of benzene rings is 2. The fraction of sp³-hybridized carbons (Fsp3) is 0.286. The minimum absolute atomic E-state index is 0. The summed E-state index contributed by atoms with van der Waals surface area (Å²) in [5.74, 6) is 2.41. The molecule has 1 aliphatic heterocycles. The summed E-state index contributed by atoms with van der Waals surface area (Å²) in [6, 6.07) is 18.0. The standard InChI is InChI=1S/C21H22ClN5O.HI/c1-23-21(27-11-10-17(14-27)15-6-3-2-4-7-15)24-13-19-25-20(26-28-19)16-8-5-9-18(22)12-16;/h2-9,12,17H,10-11,13-14H2,1H3,(H,23,24);1H. The third-order valence-corrected chi connectivity index (χ3v) is 5.15. The number of aromatic nitrogens is 2. The van der Waals surface area contributed by atoms with Gasteiger partial charge >= 0.3 is 0 Å². The number of nitrogens with one attached hydrogen (secondary N) is 1. The molecule has 1 unspecified atom stereocenters. The molecule has 6 nitrogen and oxygen atoms in total. The number of halogens is 2. The lowest BCUT2D eigenvalue weighted by Crippen LogP contribution is -2.39. The van der Waals surface area contributed by atoms with Crippen molar-refractivity contribution in [1.29, 1.82) is 0 Å². The van der Waals surface area contributed by atoms with Crippen molar-refractivity contribution in [2.45, 2.75) is 18.9 Å². The van der Waals surface area contributed by atoms with Crippen molar-refractivity contribution in [3.8, 4) is 11.4 Å². The predicted molar refractivity (Wildman–Crippen MR) is 126 cm³/mol. The third-order valence-electron chi connectivity index (χ3n) is 4.92. The number of likely N-dealkylation sites (tertiary alicyclic amines) is 1. The van der Waals surface area contributed by atoms with Crippen LogP contribution in [-0.4, -0.2) is 41.1 Å². The lowest BCUT2D eigenvalue weighted by molar-refractivity contribution is 0.372. The number of aliphatic imine (C=N–C) groups is 1. The highest BCUT2D eigenvalue weighted by Crippen LogP contribution is 2.27. The molecular weight excluding hydrogens is 501 g/mol. The molecule has 152 valence electrons. The van der Waals surface area contributed by atoms with Crippen molar-refractivity contribution >= 4 is 41.5 Å². The number of hydrogen-bond donors (Lipinski definition) is 1. The Labute approximate surface area is 192 Å². The highest BCUT2D eigenvalue weighted by Gasteiger charge is 2.26. The summed E-state index contributed by atoms with van der Waals surface area (Å²) in [5, 5.41) is 8.01. The summed E-state index contributed by atoms with van der Waals surface area (Å²) in [6.45, 7) is 2.34. The Kier molecular flexibility index (Phi) is 7.49. The van der Waals surface area contributed by atoms with Gasteiger partial charge < -0.3 is 14.7 Å². The van der Waals surface area contributed by atoms with Crippen molar-refractivity contribution in [2.75, 3.05) is 20.1 Å². The molecule has 2 aromatic carbocycles. The van der Waals surface area contributed by atoms with Crippen LogP contribution in [0.3, 0.4) is 0 Å². The van der Waals surface area contributed by atoms with E-state index in [0.717, 1.165) is 31.0 Å². The van der Waals surface area contributed by atoms with Crippen LogP contribution in [0.4, 0.5) is 0 Å².